The van der Waals surface area contributed by atoms with Crippen LogP contribution in [0.3, 0.4) is 0 Å². The molecule has 3 rings (SSSR count). The molecule has 6 heteroatoms. The van der Waals surface area contributed by atoms with Crippen LogP contribution in [0.1, 0.15) is 152 Å². The van der Waals surface area contributed by atoms with Crippen molar-refractivity contribution in [1.29, 1.82) is 0 Å². The van der Waals surface area contributed by atoms with Crippen molar-refractivity contribution in [3.63, 3.8) is 0 Å². The molecule has 2 aliphatic rings. The standard InChI is InChI=1S/C40H68N2O4/c1-26-30(34(2,3)4)19-27(20-31(26)35(5,6)7)21-40(16,32(43)45-28-22-36(8,9)41(17)37(10,11)23-28)33(44)46-29-24-38(12,13)42(18)39(14,15)25-29/h19-20,28-29H,21-25H2,1-18H3. The van der Waals surface area contributed by atoms with E-state index in [-0.39, 0.29) is 51.6 Å². The maximum Gasteiger partial charge on any atom is 0.323 e. The number of piperidine rings is 2. The molecule has 0 aromatic heterocycles. The first-order chi connectivity index (χ1) is 20.4. The molecule has 2 saturated heterocycles. The summed E-state index contributed by atoms with van der Waals surface area (Å²) < 4.78 is 12.8. The molecule has 0 N–H and O–H groups in total. The molecule has 2 fully saturated rings. The van der Waals surface area contributed by atoms with Gasteiger partial charge in [-0.05, 0) is 123 Å². The molecule has 0 unspecified atom stereocenters. The van der Waals surface area contributed by atoms with Crippen LogP contribution in [-0.2, 0) is 36.3 Å². The van der Waals surface area contributed by atoms with Crippen LogP contribution in [0.15, 0.2) is 12.1 Å². The summed E-state index contributed by atoms with van der Waals surface area (Å²) in [6.45, 7) is 34.8. The minimum Gasteiger partial charge on any atom is -0.461 e. The summed E-state index contributed by atoms with van der Waals surface area (Å²) in [6.07, 6.45) is 2.44. The molecule has 0 atom stereocenters. The SMILES string of the molecule is Cc1c(C(C)(C)C)cc(CC(C)(C(=O)OC2CC(C)(C)N(C)C(C)(C)C2)C(=O)OC2CC(C)(C)N(C)C(C)(C)C2)cc1C(C)(C)C. The van der Waals surface area contributed by atoms with E-state index in [1.54, 1.807) is 6.92 Å². The molecule has 2 aliphatic heterocycles. The average Bonchev–Trinajstić information content (AvgIpc) is 2.84. The first kappa shape index (κ1) is 38.5. The number of hydrogen-bond donors (Lipinski definition) is 0. The highest BCUT2D eigenvalue weighted by Gasteiger charge is 2.51. The third kappa shape index (κ3) is 7.86. The van der Waals surface area contributed by atoms with E-state index < -0.39 is 17.4 Å². The van der Waals surface area contributed by atoms with Crippen LogP contribution < -0.4 is 0 Å². The number of hydrogen-bond acceptors (Lipinski definition) is 6. The first-order valence-electron chi connectivity index (χ1n) is 17.5. The lowest BCUT2D eigenvalue weighted by Crippen LogP contribution is -2.61. The third-order valence-electron chi connectivity index (χ3n) is 11.6. The minimum absolute atomic E-state index is 0.103. The largest absolute Gasteiger partial charge is 0.461 e. The van der Waals surface area contributed by atoms with Crippen LogP contribution in [0.2, 0.25) is 0 Å². The third-order valence-corrected chi connectivity index (χ3v) is 11.6. The zero-order chi connectivity index (χ0) is 35.6. The Bertz CT molecular complexity index is 1180. The Labute approximate surface area is 282 Å². The Balaban J connectivity index is 2.09. The summed E-state index contributed by atoms with van der Waals surface area (Å²) in [5, 5.41) is 0. The Kier molecular flexibility index (Phi) is 10.2. The summed E-state index contributed by atoms with van der Waals surface area (Å²) in [4.78, 5) is 33.8. The fourth-order valence-corrected chi connectivity index (χ4v) is 8.36. The van der Waals surface area contributed by atoms with Crippen LogP contribution in [0.4, 0.5) is 0 Å². The lowest BCUT2D eigenvalue weighted by atomic mass is 9.73. The summed E-state index contributed by atoms with van der Waals surface area (Å²) in [5.41, 5.74) is 2.35. The smallest absolute Gasteiger partial charge is 0.323 e. The van der Waals surface area contributed by atoms with E-state index in [1.165, 1.54) is 16.7 Å². The molecule has 0 bridgehead atoms. The highest BCUT2D eigenvalue weighted by Crippen LogP contribution is 2.43. The number of benzene rings is 1. The van der Waals surface area contributed by atoms with Gasteiger partial charge < -0.3 is 9.47 Å². The first-order valence-corrected chi connectivity index (χ1v) is 17.5. The minimum atomic E-state index is -1.51. The molecule has 1 aromatic carbocycles. The van der Waals surface area contributed by atoms with E-state index in [0.717, 1.165) is 5.56 Å². The van der Waals surface area contributed by atoms with Crippen LogP contribution in [-0.4, -0.2) is 70.2 Å². The zero-order valence-electron chi connectivity index (χ0n) is 32.9. The normalized spacial score (nSPS) is 22.8. The quantitative estimate of drug-likeness (QED) is 0.230. The van der Waals surface area contributed by atoms with Crippen molar-refractivity contribution >= 4 is 11.9 Å². The monoisotopic (exact) mass is 641 g/mol. The van der Waals surface area contributed by atoms with Gasteiger partial charge >= 0.3 is 11.9 Å². The Morgan fingerprint density at radius 2 is 0.935 bits per heavy atom. The van der Waals surface area contributed by atoms with Crippen molar-refractivity contribution in [3.8, 4) is 0 Å². The molecular formula is C40H68N2O4. The summed E-state index contributed by atoms with van der Waals surface area (Å²) in [5.74, 6) is -0.972. The second kappa shape index (κ2) is 12.2. The lowest BCUT2D eigenvalue weighted by Gasteiger charge is -2.53. The maximum absolute atomic E-state index is 14.5. The number of carbonyl (C=O) groups is 2. The van der Waals surface area contributed by atoms with Crippen molar-refractivity contribution in [1.82, 2.24) is 9.80 Å². The topological polar surface area (TPSA) is 59.1 Å². The van der Waals surface area contributed by atoms with Crippen LogP contribution in [0.25, 0.3) is 0 Å². The van der Waals surface area contributed by atoms with E-state index in [1.807, 2.05) is 0 Å². The summed E-state index contributed by atoms with van der Waals surface area (Å²) >= 11 is 0. The highest BCUT2D eigenvalue weighted by atomic mass is 16.6. The molecule has 0 saturated carbocycles. The summed E-state index contributed by atoms with van der Waals surface area (Å²) in [6, 6.07) is 4.40. The van der Waals surface area contributed by atoms with Crippen molar-refractivity contribution in [2.24, 2.45) is 5.41 Å². The molecule has 0 radical (unpaired) electrons. The van der Waals surface area contributed by atoms with Crippen LogP contribution in [0.5, 0.6) is 0 Å². The summed E-state index contributed by atoms with van der Waals surface area (Å²) in [7, 11) is 4.28. The van der Waals surface area contributed by atoms with Crippen molar-refractivity contribution < 1.29 is 19.1 Å². The molecular weight excluding hydrogens is 572 g/mol. The van der Waals surface area contributed by atoms with E-state index in [4.69, 9.17) is 9.47 Å². The number of carbonyl (C=O) groups excluding carboxylic acids is 2. The van der Waals surface area contributed by atoms with Crippen molar-refractivity contribution in [2.45, 2.75) is 188 Å². The number of likely N-dealkylation sites (tertiary alicyclic amines) is 2. The van der Waals surface area contributed by atoms with Gasteiger partial charge in [0.15, 0.2) is 5.41 Å². The second-order valence-electron chi connectivity index (χ2n) is 19.6. The molecule has 1 aromatic rings. The van der Waals surface area contributed by atoms with Gasteiger partial charge in [0.2, 0.25) is 0 Å². The number of rotatable bonds is 6. The number of ether oxygens (including phenoxy) is 2. The molecule has 262 valence electrons. The maximum atomic E-state index is 14.5. The van der Waals surface area contributed by atoms with E-state index in [0.29, 0.717) is 25.7 Å². The van der Waals surface area contributed by atoms with Gasteiger partial charge in [-0.2, -0.15) is 0 Å². The van der Waals surface area contributed by atoms with E-state index in [9.17, 15) is 9.59 Å². The predicted molar refractivity (Wildman–Crippen MR) is 190 cm³/mol. The van der Waals surface area contributed by atoms with Crippen molar-refractivity contribution in [3.05, 3.63) is 34.4 Å². The Hall–Kier alpha value is -1.92. The van der Waals surface area contributed by atoms with Gasteiger partial charge in [-0.1, -0.05) is 53.7 Å². The van der Waals surface area contributed by atoms with Gasteiger partial charge in [0.05, 0.1) is 0 Å². The van der Waals surface area contributed by atoms with Gasteiger partial charge in [0.1, 0.15) is 12.2 Å². The molecule has 46 heavy (non-hydrogen) atoms. The van der Waals surface area contributed by atoms with Gasteiger partial charge in [0, 0.05) is 47.8 Å². The fourth-order valence-electron chi connectivity index (χ4n) is 8.36. The Morgan fingerprint density at radius 3 is 1.20 bits per heavy atom. The molecule has 6 nitrogen and oxygen atoms in total. The van der Waals surface area contributed by atoms with Crippen LogP contribution in [0, 0.1) is 12.3 Å². The van der Waals surface area contributed by atoms with Crippen LogP contribution >= 0.6 is 0 Å². The molecule has 0 amide bonds. The molecule has 0 spiro atoms. The van der Waals surface area contributed by atoms with Gasteiger partial charge in [-0.25, -0.2) is 0 Å². The second-order valence-corrected chi connectivity index (χ2v) is 19.6. The van der Waals surface area contributed by atoms with E-state index in [2.05, 4.69) is 140 Å². The number of esters is 2. The van der Waals surface area contributed by atoms with E-state index >= 15 is 0 Å². The fraction of sp³-hybridized carbons (Fsp3) is 0.800. The number of nitrogens with zero attached hydrogens (tertiary/aromatic N) is 2. The molecule has 2 heterocycles. The predicted octanol–water partition coefficient (Wildman–Crippen LogP) is 8.53. The Morgan fingerprint density at radius 1 is 0.652 bits per heavy atom. The van der Waals surface area contributed by atoms with Gasteiger partial charge in [-0.3, -0.25) is 19.4 Å². The van der Waals surface area contributed by atoms with Gasteiger partial charge in [0.25, 0.3) is 0 Å². The lowest BCUT2D eigenvalue weighted by molar-refractivity contribution is -0.186. The zero-order valence-corrected chi connectivity index (χ0v) is 32.9. The highest BCUT2D eigenvalue weighted by molar-refractivity contribution is 6.00. The van der Waals surface area contributed by atoms with Gasteiger partial charge in [-0.15, -0.1) is 0 Å². The molecule has 0 aliphatic carbocycles. The van der Waals surface area contributed by atoms with Crippen molar-refractivity contribution in [2.75, 3.05) is 14.1 Å². The average molecular weight is 641 g/mol.